The van der Waals surface area contributed by atoms with Crippen molar-refractivity contribution in [1.82, 2.24) is 9.97 Å². The number of carbonyl (C=O) groups is 1. The average Bonchev–Trinajstić information content (AvgIpc) is 2.62. The number of aromatic carboxylic acids is 1. The number of anilines is 1. The Labute approximate surface area is 154 Å². The second-order valence-corrected chi connectivity index (χ2v) is 6.41. The van der Waals surface area contributed by atoms with Crippen LogP contribution in [0, 0.1) is 0 Å². The first-order valence-electron chi connectivity index (χ1n) is 7.66. The van der Waals surface area contributed by atoms with Gasteiger partial charge in [0.1, 0.15) is 5.56 Å². The van der Waals surface area contributed by atoms with E-state index in [1.807, 2.05) is 66.5 Å². The maximum absolute atomic E-state index is 11.6. The zero-order chi connectivity index (χ0) is 17.8. The standard InChI is InChI=1S/C19H16BrN3O2/c1-23(12-13-7-3-2-4-8-13)19-21-11-15(18(24)25)17(22-19)14-9-5-6-10-16(14)20/h2-11H,12H2,1H3,(H,24,25). The molecule has 2 aromatic carbocycles. The molecule has 0 spiro atoms. The van der Waals surface area contributed by atoms with Crippen molar-refractivity contribution in [1.29, 1.82) is 0 Å². The van der Waals surface area contributed by atoms with Crippen LogP contribution < -0.4 is 4.90 Å². The van der Waals surface area contributed by atoms with Gasteiger partial charge in [0.2, 0.25) is 5.95 Å². The van der Waals surface area contributed by atoms with Crippen molar-refractivity contribution in [2.24, 2.45) is 0 Å². The molecule has 0 fully saturated rings. The molecule has 6 heteroatoms. The summed E-state index contributed by atoms with van der Waals surface area (Å²) in [7, 11) is 1.88. The Morgan fingerprint density at radius 1 is 1.12 bits per heavy atom. The van der Waals surface area contributed by atoms with Gasteiger partial charge in [-0.05, 0) is 11.6 Å². The fourth-order valence-corrected chi connectivity index (χ4v) is 2.97. The third-order valence-electron chi connectivity index (χ3n) is 3.74. The first kappa shape index (κ1) is 17.1. The quantitative estimate of drug-likeness (QED) is 0.697. The van der Waals surface area contributed by atoms with Crippen LogP contribution in [0.3, 0.4) is 0 Å². The molecule has 0 aliphatic carbocycles. The zero-order valence-corrected chi connectivity index (χ0v) is 15.1. The van der Waals surface area contributed by atoms with Crippen LogP contribution in [-0.4, -0.2) is 28.1 Å². The lowest BCUT2D eigenvalue weighted by Crippen LogP contribution is -2.20. The number of nitrogens with zero attached hydrogens (tertiary/aromatic N) is 3. The Kier molecular flexibility index (Phi) is 5.09. The molecule has 3 aromatic rings. The lowest BCUT2D eigenvalue weighted by molar-refractivity contribution is 0.0697. The van der Waals surface area contributed by atoms with Crippen molar-refractivity contribution < 1.29 is 9.90 Å². The van der Waals surface area contributed by atoms with E-state index < -0.39 is 5.97 Å². The van der Waals surface area contributed by atoms with Crippen LogP contribution in [0.25, 0.3) is 11.3 Å². The van der Waals surface area contributed by atoms with Crippen LogP contribution >= 0.6 is 15.9 Å². The average molecular weight is 398 g/mol. The first-order valence-corrected chi connectivity index (χ1v) is 8.46. The number of hydrogen-bond acceptors (Lipinski definition) is 4. The predicted octanol–water partition coefficient (Wildman–Crippen LogP) is 4.24. The maximum Gasteiger partial charge on any atom is 0.339 e. The third kappa shape index (κ3) is 3.85. The van der Waals surface area contributed by atoms with E-state index in [1.54, 1.807) is 0 Å². The van der Waals surface area contributed by atoms with Crippen LogP contribution in [0.2, 0.25) is 0 Å². The molecule has 1 N–H and O–H groups in total. The molecule has 0 saturated carbocycles. The summed E-state index contributed by atoms with van der Waals surface area (Å²) in [6.45, 7) is 0.628. The van der Waals surface area contributed by atoms with Gasteiger partial charge in [0.15, 0.2) is 0 Å². The van der Waals surface area contributed by atoms with Gasteiger partial charge in [0.25, 0.3) is 0 Å². The summed E-state index contributed by atoms with van der Waals surface area (Å²) >= 11 is 3.46. The molecule has 0 atom stereocenters. The molecule has 0 aliphatic rings. The fraction of sp³-hybridized carbons (Fsp3) is 0.105. The smallest absolute Gasteiger partial charge is 0.339 e. The summed E-state index contributed by atoms with van der Waals surface area (Å²) in [5.41, 5.74) is 2.31. The largest absolute Gasteiger partial charge is 0.478 e. The minimum absolute atomic E-state index is 0.0729. The van der Waals surface area contributed by atoms with Gasteiger partial charge in [-0.3, -0.25) is 0 Å². The SMILES string of the molecule is CN(Cc1ccccc1)c1ncc(C(=O)O)c(-c2ccccc2Br)n1. The molecule has 1 heterocycles. The molecule has 1 aromatic heterocycles. The highest BCUT2D eigenvalue weighted by Crippen LogP contribution is 2.30. The number of rotatable bonds is 5. The molecule has 126 valence electrons. The summed E-state index contributed by atoms with van der Waals surface area (Å²) in [5.74, 6) is -0.581. The molecule has 25 heavy (non-hydrogen) atoms. The predicted molar refractivity (Wildman–Crippen MR) is 101 cm³/mol. The first-order chi connectivity index (χ1) is 12.1. The fourth-order valence-electron chi connectivity index (χ4n) is 2.50. The molecule has 0 aliphatic heterocycles. The summed E-state index contributed by atoms with van der Waals surface area (Å²) in [4.78, 5) is 22.2. The highest BCUT2D eigenvalue weighted by atomic mass is 79.9. The minimum atomic E-state index is -1.05. The number of carboxylic acid groups (broad SMARTS) is 1. The van der Waals surface area contributed by atoms with Crippen LogP contribution in [0.5, 0.6) is 0 Å². The van der Waals surface area contributed by atoms with Crippen LogP contribution in [-0.2, 0) is 6.54 Å². The van der Waals surface area contributed by atoms with Gasteiger partial charge in [-0.2, -0.15) is 0 Å². The highest BCUT2D eigenvalue weighted by Gasteiger charge is 2.18. The molecule has 5 nitrogen and oxygen atoms in total. The highest BCUT2D eigenvalue weighted by molar-refractivity contribution is 9.10. The van der Waals surface area contributed by atoms with Gasteiger partial charge in [-0.25, -0.2) is 14.8 Å². The van der Waals surface area contributed by atoms with Gasteiger partial charge in [-0.1, -0.05) is 64.5 Å². The number of hydrogen-bond donors (Lipinski definition) is 1. The Hall–Kier alpha value is -2.73. The lowest BCUT2D eigenvalue weighted by atomic mass is 10.1. The van der Waals surface area contributed by atoms with Crippen LogP contribution in [0.1, 0.15) is 15.9 Å². The number of aromatic nitrogens is 2. The molecule has 0 bridgehead atoms. The van der Waals surface area contributed by atoms with E-state index in [-0.39, 0.29) is 5.56 Å². The molecule has 0 radical (unpaired) electrons. The van der Waals surface area contributed by atoms with Crippen molar-refractivity contribution in [3.8, 4) is 11.3 Å². The second-order valence-electron chi connectivity index (χ2n) is 5.56. The summed E-state index contributed by atoms with van der Waals surface area (Å²) in [5, 5.41) is 9.47. The van der Waals surface area contributed by atoms with E-state index in [0.717, 1.165) is 15.6 Å². The molecule has 0 amide bonds. The van der Waals surface area contributed by atoms with E-state index in [9.17, 15) is 9.90 Å². The van der Waals surface area contributed by atoms with Gasteiger partial charge in [0.05, 0.1) is 5.69 Å². The van der Waals surface area contributed by atoms with Crippen molar-refractivity contribution >= 4 is 27.8 Å². The van der Waals surface area contributed by atoms with Gasteiger partial charge in [-0.15, -0.1) is 0 Å². The Morgan fingerprint density at radius 3 is 2.48 bits per heavy atom. The normalized spacial score (nSPS) is 10.5. The van der Waals surface area contributed by atoms with Crippen LogP contribution in [0.4, 0.5) is 5.95 Å². The summed E-state index contributed by atoms with van der Waals surface area (Å²) < 4.78 is 0.785. The molecule has 3 rings (SSSR count). The van der Waals surface area contributed by atoms with E-state index in [0.29, 0.717) is 18.2 Å². The number of benzene rings is 2. The van der Waals surface area contributed by atoms with E-state index in [1.165, 1.54) is 6.20 Å². The van der Waals surface area contributed by atoms with E-state index in [4.69, 9.17) is 0 Å². The van der Waals surface area contributed by atoms with E-state index >= 15 is 0 Å². The maximum atomic E-state index is 11.6. The number of halogens is 1. The van der Waals surface area contributed by atoms with Crippen molar-refractivity contribution in [3.05, 3.63) is 76.4 Å². The van der Waals surface area contributed by atoms with Gasteiger partial charge in [0, 0.05) is 29.8 Å². The summed E-state index contributed by atoms with van der Waals surface area (Å²) in [6.07, 6.45) is 1.36. The Bertz CT molecular complexity index is 900. The van der Waals surface area contributed by atoms with Gasteiger partial charge >= 0.3 is 5.97 Å². The minimum Gasteiger partial charge on any atom is -0.478 e. The van der Waals surface area contributed by atoms with Gasteiger partial charge < -0.3 is 10.0 Å². The topological polar surface area (TPSA) is 66.3 Å². The Morgan fingerprint density at radius 2 is 1.80 bits per heavy atom. The molecule has 0 saturated heterocycles. The van der Waals surface area contributed by atoms with Crippen LogP contribution in [0.15, 0.2) is 65.3 Å². The van der Waals surface area contributed by atoms with Crippen molar-refractivity contribution in [2.45, 2.75) is 6.54 Å². The Balaban J connectivity index is 2.01. The summed E-state index contributed by atoms with van der Waals surface area (Å²) in [6, 6.07) is 17.4. The lowest BCUT2D eigenvalue weighted by Gasteiger charge is -2.18. The number of carboxylic acids is 1. The monoisotopic (exact) mass is 397 g/mol. The molecular formula is C19H16BrN3O2. The van der Waals surface area contributed by atoms with Crippen molar-refractivity contribution in [3.63, 3.8) is 0 Å². The molecule has 0 unspecified atom stereocenters. The third-order valence-corrected chi connectivity index (χ3v) is 4.43. The molecular weight excluding hydrogens is 382 g/mol. The van der Waals surface area contributed by atoms with E-state index in [2.05, 4.69) is 25.9 Å². The zero-order valence-electron chi connectivity index (χ0n) is 13.6. The second kappa shape index (κ2) is 7.44. The van der Waals surface area contributed by atoms with Crippen molar-refractivity contribution in [2.75, 3.05) is 11.9 Å².